The van der Waals surface area contributed by atoms with Crippen LogP contribution in [0.5, 0.6) is 11.5 Å². The fraction of sp³-hybridized carbons (Fsp3) is 0.440. The van der Waals surface area contributed by atoms with Crippen LogP contribution in [-0.4, -0.2) is 68.4 Å². The number of fused-ring (bicyclic) bond motifs is 1. The van der Waals surface area contributed by atoms with Gasteiger partial charge in [-0.15, -0.1) is 0 Å². The van der Waals surface area contributed by atoms with Gasteiger partial charge >= 0.3 is 0 Å². The van der Waals surface area contributed by atoms with E-state index in [1.54, 1.807) is 26.4 Å². The van der Waals surface area contributed by atoms with Crippen LogP contribution in [0.2, 0.25) is 0 Å². The van der Waals surface area contributed by atoms with E-state index in [9.17, 15) is 4.39 Å². The maximum atomic E-state index is 13.4. The van der Waals surface area contributed by atoms with E-state index in [0.717, 1.165) is 74.4 Å². The predicted molar refractivity (Wildman–Crippen MR) is 130 cm³/mol. The zero-order chi connectivity index (χ0) is 23.0. The van der Waals surface area contributed by atoms with E-state index in [1.807, 2.05) is 12.1 Å². The van der Waals surface area contributed by atoms with E-state index >= 15 is 0 Å². The second-order valence-corrected chi connectivity index (χ2v) is 8.21. The molecule has 7 nitrogen and oxygen atoms in total. The molecule has 0 atom stereocenters. The summed E-state index contributed by atoms with van der Waals surface area (Å²) in [5.74, 6) is 2.22. The van der Waals surface area contributed by atoms with Crippen molar-refractivity contribution in [1.29, 1.82) is 0 Å². The van der Waals surface area contributed by atoms with Crippen LogP contribution in [0.3, 0.4) is 0 Å². The van der Waals surface area contributed by atoms with Crippen molar-refractivity contribution in [3.63, 3.8) is 0 Å². The Hall–Kier alpha value is -2.97. The predicted octanol–water partition coefficient (Wildman–Crippen LogP) is 3.94. The lowest BCUT2D eigenvalue weighted by molar-refractivity contribution is 0.236. The number of aromatic nitrogens is 2. The van der Waals surface area contributed by atoms with Gasteiger partial charge in [-0.2, -0.15) is 0 Å². The SMILES string of the molecule is COc1cc2nc(-c3ccc(F)cc3)nc(NCCCCCN3CCNCC3)c2cc1OC. The molecule has 3 aromatic rings. The van der Waals surface area contributed by atoms with Gasteiger partial charge in [-0.1, -0.05) is 6.42 Å². The van der Waals surface area contributed by atoms with Crippen LogP contribution < -0.4 is 20.1 Å². The summed E-state index contributed by atoms with van der Waals surface area (Å²) >= 11 is 0. The second-order valence-electron chi connectivity index (χ2n) is 8.21. The molecule has 0 spiro atoms. The highest BCUT2D eigenvalue weighted by atomic mass is 19.1. The maximum absolute atomic E-state index is 13.4. The number of unbranched alkanes of at least 4 members (excludes halogenated alkanes) is 2. The Kier molecular flexibility index (Phi) is 7.91. The van der Waals surface area contributed by atoms with Crippen LogP contribution in [0, 0.1) is 5.82 Å². The van der Waals surface area contributed by atoms with Gasteiger partial charge in [0.25, 0.3) is 0 Å². The van der Waals surface area contributed by atoms with Gasteiger partial charge in [0.15, 0.2) is 17.3 Å². The molecule has 4 rings (SSSR count). The third-order valence-corrected chi connectivity index (χ3v) is 5.96. The van der Waals surface area contributed by atoms with Crippen molar-refractivity contribution in [3.05, 3.63) is 42.2 Å². The number of rotatable bonds is 10. The first-order valence-electron chi connectivity index (χ1n) is 11.5. The molecular weight excluding hydrogens is 421 g/mol. The molecule has 0 bridgehead atoms. The molecule has 1 aromatic heterocycles. The molecule has 176 valence electrons. The number of ether oxygens (including phenoxy) is 2. The number of nitrogens with one attached hydrogen (secondary N) is 2. The molecule has 1 aliphatic heterocycles. The van der Waals surface area contributed by atoms with E-state index in [1.165, 1.54) is 18.6 Å². The van der Waals surface area contributed by atoms with Gasteiger partial charge in [-0.3, -0.25) is 0 Å². The molecule has 1 saturated heterocycles. The highest BCUT2D eigenvalue weighted by molar-refractivity contribution is 5.93. The molecule has 1 fully saturated rings. The largest absolute Gasteiger partial charge is 0.493 e. The molecule has 0 radical (unpaired) electrons. The minimum Gasteiger partial charge on any atom is -0.493 e. The van der Waals surface area contributed by atoms with Crippen molar-refractivity contribution in [2.24, 2.45) is 0 Å². The number of anilines is 1. The Morgan fingerprint density at radius 1 is 0.970 bits per heavy atom. The number of benzene rings is 2. The van der Waals surface area contributed by atoms with E-state index in [2.05, 4.69) is 15.5 Å². The summed E-state index contributed by atoms with van der Waals surface area (Å²) in [5.41, 5.74) is 1.50. The van der Waals surface area contributed by atoms with Gasteiger partial charge in [0.2, 0.25) is 0 Å². The fourth-order valence-corrected chi connectivity index (χ4v) is 4.10. The molecule has 2 N–H and O–H groups in total. The standard InChI is InChI=1S/C25H32FN5O2/c1-32-22-16-20-21(17-23(22)33-2)29-24(18-6-8-19(26)9-7-18)30-25(20)28-10-4-3-5-13-31-14-11-27-12-15-31/h6-9,16-17,27H,3-5,10-15H2,1-2H3,(H,28,29,30). The Morgan fingerprint density at radius 3 is 2.42 bits per heavy atom. The maximum Gasteiger partial charge on any atom is 0.162 e. The lowest BCUT2D eigenvalue weighted by atomic mass is 10.1. The van der Waals surface area contributed by atoms with Gasteiger partial charge in [-0.25, -0.2) is 14.4 Å². The van der Waals surface area contributed by atoms with Gasteiger partial charge in [-0.05, 0) is 49.7 Å². The monoisotopic (exact) mass is 453 g/mol. The highest BCUT2D eigenvalue weighted by Gasteiger charge is 2.14. The van der Waals surface area contributed by atoms with Crippen molar-refractivity contribution >= 4 is 16.7 Å². The van der Waals surface area contributed by atoms with Gasteiger partial charge < -0.3 is 25.0 Å². The summed E-state index contributed by atoms with van der Waals surface area (Å²) in [6.45, 7) is 6.43. The number of piperazine rings is 1. The van der Waals surface area contributed by atoms with Crippen LogP contribution in [0.15, 0.2) is 36.4 Å². The summed E-state index contributed by atoms with van der Waals surface area (Å²) in [5, 5.41) is 7.75. The van der Waals surface area contributed by atoms with Crippen molar-refractivity contribution in [2.45, 2.75) is 19.3 Å². The first-order valence-corrected chi connectivity index (χ1v) is 11.5. The number of hydrogen-bond acceptors (Lipinski definition) is 7. The first-order chi connectivity index (χ1) is 16.2. The average Bonchev–Trinajstić information content (AvgIpc) is 2.86. The van der Waals surface area contributed by atoms with Crippen LogP contribution >= 0.6 is 0 Å². The molecule has 2 aromatic carbocycles. The van der Waals surface area contributed by atoms with E-state index in [-0.39, 0.29) is 5.82 Å². The van der Waals surface area contributed by atoms with Crippen molar-refractivity contribution < 1.29 is 13.9 Å². The van der Waals surface area contributed by atoms with Crippen molar-refractivity contribution in [3.8, 4) is 22.9 Å². The number of halogens is 1. The molecular formula is C25H32FN5O2. The van der Waals surface area contributed by atoms with Crippen LogP contribution in [0.25, 0.3) is 22.3 Å². The third-order valence-electron chi connectivity index (χ3n) is 5.96. The van der Waals surface area contributed by atoms with Crippen LogP contribution in [0.4, 0.5) is 10.2 Å². The Balaban J connectivity index is 1.49. The zero-order valence-electron chi connectivity index (χ0n) is 19.4. The quantitative estimate of drug-likeness (QED) is 0.451. The topological polar surface area (TPSA) is 71.5 Å². The van der Waals surface area contributed by atoms with E-state index in [0.29, 0.717) is 17.3 Å². The molecule has 0 amide bonds. The minimum atomic E-state index is -0.287. The van der Waals surface area contributed by atoms with Gasteiger partial charge in [0.05, 0.1) is 19.7 Å². The Morgan fingerprint density at radius 2 is 1.70 bits per heavy atom. The summed E-state index contributed by atoms with van der Waals surface area (Å²) in [6.07, 6.45) is 3.40. The Bertz CT molecular complexity index is 1050. The molecule has 0 saturated carbocycles. The number of nitrogens with zero attached hydrogens (tertiary/aromatic N) is 3. The highest BCUT2D eigenvalue weighted by Crippen LogP contribution is 2.35. The van der Waals surface area contributed by atoms with Crippen molar-refractivity contribution in [1.82, 2.24) is 20.2 Å². The van der Waals surface area contributed by atoms with Gasteiger partial charge in [0, 0.05) is 49.7 Å². The summed E-state index contributed by atoms with van der Waals surface area (Å²) in [6, 6.07) is 9.97. The Labute approximate surface area is 194 Å². The van der Waals surface area contributed by atoms with Crippen LogP contribution in [0.1, 0.15) is 19.3 Å². The molecule has 0 unspecified atom stereocenters. The normalized spacial score (nSPS) is 14.4. The second kappa shape index (κ2) is 11.2. The number of methoxy groups -OCH3 is 2. The molecule has 2 heterocycles. The van der Waals surface area contributed by atoms with Crippen molar-refractivity contribution in [2.75, 3.05) is 58.8 Å². The minimum absolute atomic E-state index is 0.287. The fourth-order valence-electron chi connectivity index (χ4n) is 4.10. The lowest BCUT2D eigenvalue weighted by Gasteiger charge is -2.27. The average molecular weight is 454 g/mol. The smallest absolute Gasteiger partial charge is 0.162 e. The zero-order valence-corrected chi connectivity index (χ0v) is 19.4. The number of hydrogen-bond donors (Lipinski definition) is 2. The van der Waals surface area contributed by atoms with E-state index in [4.69, 9.17) is 19.4 Å². The molecule has 0 aliphatic carbocycles. The van der Waals surface area contributed by atoms with Gasteiger partial charge in [0.1, 0.15) is 11.6 Å². The summed E-state index contributed by atoms with van der Waals surface area (Å²) < 4.78 is 24.4. The summed E-state index contributed by atoms with van der Waals surface area (Å²) in [4.78, 5) is 12.0. The lowest BCUT2D eigenvalue weighted by Crippen LogP contribution is -2.43. The first kappa shape index (κ1) is 23.2. The molecule has 8 heteroatoms. The molecule has 33 heavy (non-hydrogen) atoms. The van der Waals surface area contributed by atoms with Crippen LogP contribution in [-0.2, 0) is 0 Å². The third kappa shape index (κ3) is 5.89. The molecule has 1 aliphatic rings. The summed E-state index contributed by atoms with van der Waals surface area (Å²) in [7, 11) is 3.22. The van der Waals surface area contributed by atoms with E-state index < -0.39 is 0 Å².